The van der Waals surface area contributed by atoms with E-state index in [-0.39, 0.29) is 0 Å². The van der Waals surface area contributed by atoms with Crippen LogP contribution in [0.15, 0.2) is 0 Å². The molecule has 0 spiro atoms. The van der Waals surface area contributed by atoms with Crippen molar-refractivity contribution in [2.75, 3.05) is 45.8 Å². The summed E-state index contributed by atoms with van der Waals surface area (Å²) in [5.41, 5.74) is 0. The largest absolute Gasteiger partial charge is 0.315 e. The predicted octanol–water partition coefficient (Wildman–Crippen LogP) is 0.0378. The molecule has 124 valence electrons. The van der Waals surface area contributed by atoms with E-state index in [0.717, 1.165) is 45.8 Å². The first-order valence-corrected chi connectivity index (χ1v) is 8.98. The standard InChI is InChI=1S/C16H35N5/c1-14-13-18-10-12-21-16-6-3-2-5-15(16)20-8-4-7-17-9-11-19-14/h14-21H,2-13H2,1H3/t14-,15-,16-/m1/s1. The van der Waals surface area contributed by atoms with Crippen molar-refractivity contribution in [3.8, 4) is 0 Å². The fraction of sp³-hybridized carbons (Fsp3) is 1.00. The highest BCUT2D eigenvalue weighted by molar-refractivity contribution is 4.86. The van der Waals surface area contributed by atoms with Crippen LogP contribution in [0.3, 0.4) is 0 Å². The smallest absolute Gasteiger partial charge is 0.0221 e. The molecule has 5 N–H and O–H groups in total. The summed E-state index contributed by atoms with van der Waals surface area (Å²) in [7, 11) is 0. The molecule has 1 heterocycles. The van der Waals surface area contributed by atoms with Gasteiger partial charge < -0.3 is 26.6 Å². The number of fused-ring (bicyclic) bond motifs is 1. The van der Waals surface area contributed by atoms with Gasteiger partial charge in [0.1, 0.15) is 0 Å². The van der Waals surface area contributed by atoms with Crippen molar-refractivity contribution in [2.24, 2.45) is 0 Å². The lowest BCUT2D eigenvalue weighted by Gasteiger charge is -2.33. The Balaban J connectivity index is 1.75. The Hall–Kier alpha value is -0.200. The van der Waals surface area contributed by atoms with E-state index in [4.69, 9.17) is 0 Å². The number of hydrogen-bond donors (Lipinski definition) is 5. The van der Waals surface area contributed by atoms with Crippen molar-refractivity contribution < 1.29 is 0 Å². The molecule has 1 saturated heterocycles. The molecule has 1 aliphatic heterocycles. The molecule has 1 aliphatic carbocycles. The molecule has 2 fully saturated rings. The maximum atomic E-state index is 3.77. The summed E-state index contributed by atoms with van der Waals surface area (Å²) in [6.07, 6.45) is 6.65. The average molecular weight is 297 g/mol. The molecule has 3 atom stereocenters. The monoisotopic (exact) mass is 297 g/mol. The first-order valence-electron chi connectivity index (χ1n) is 8.98. The minimum Gasteiger partial charge on any atom is -0.315 e. The quantitative estimate of drug-likeness (QED) is 0.437. The van der Waals surface area contributed by atoms with Crippen LogP contribution in [0.1, 0.15) is 39.0 Å². The predicted molar refractivity (Wildman–Crippen MR) is 89.9 cm³/mol. The third-order valence-electron chi connectivity index (χ3n) is 4.66. The molecule has 2 rings (SSSR count). The van der Waals surface area contributed by atoms with E-state index >= 15 is 0 Å². The highest BCUT2D eigenvalue weighted by Gasteiger charge is 2.23. The van der Waals surface area contributed by atoms with Gasteiger partial charge in [0.05, 0.1) is 0 Å². The van der Waals surface area contributed by atoms with Crippen LogP contribution >= 0.6 is 0 Å². The zero-order chi connectivity index (χ0) is 14.8. The highest BCUT2D eigenvalue weighted by atomic mass is 15.1. The van der Waals surface area contributed by atoms with Gasteiger partial charge in [-0.3, -0.25) is 0 Å². The SMILES string of the molecule is C[C@@H]1CNCCN[C@@H]2CCCC[C@H]2NCCCNCCN1. The zero-order valence-electron chi connectivity index (χ0n) is 13.7. The van der Waals surface area contributed by atoms with Gasteiger partial charge in [-0.15, -0.1) is 0 Å². The van der Waals surface area contributed by atoms with Crippen molar-refractivity contribution in [3.05, 3.63) is 0 Å². The summed E-state index contributed by atoms with van der Waals surface area (Å²) >= 11 is 0. The summed E-state index contributed by atoms with van der Waals surface area (Å²) < 4.78 is 0. The van der Waals surface area contributed by atoms with E-state index in [1.54, 1.807) is 0 Å². The normalized spacial score (nSPS) is 35.0. The van der Waals surface area contributed by atoms with Gasteiger partial charge in [-0.05, 0) is 39.3 Å². The van der Waals surface area contributed by atoms with E-state index in [1.807, 2.05) is 0 Å². The van der Waals surface area contributed by atoms with Crippen molar-refractivity contribution in [1.29, 1.82) is 0 Å². The second-order valence-electron chi connectivity index (χ2n) is 6.57. The van der Waals surface area contributed by atoms with Crippen molar-refractivity contribution in [2.45, 2.75) is 57.2 Å². The van der Waals surface area contributed by atoms with Crippen LogP contribution in [-0.4, -0.2) is 63.9 Å². The lowest BCUT2D eigenvalue weighted by molar-refractivity contribution is 0.282. The third-order valence-corrected chi connectivity index (χ3v) is 4.66. The van der Waals surface area contributed by atoms with Crippen LogP contribution in [0.2, 0.25) is 0 Å². The maximum Gasteiger partial charge on any atom is 0.0221 e. The van der Waals surface area contributed by atoms with Gasteiger partial charge in [0.25, 0.3) is 0 Å². The number of rotatable bonds is 0. The minimum atomic E-state index is 0.545. The fourth-order valence-corrected chi connectivity index (χ4v) is 3.39. The molecule has 0 radical (unpaired) electrons. The Morgan fingerprint density at radius 2 is 1.29 bits per heavy atom. The van der Waals surface area contributed by atoms with Gasteiger partial charge >= 0.3 is 0 Å². The third kappa shape index (κ3) is 7.06. The molecule has 5 nitrogen and oxygen atoms in total. The second-order valence-corrected chi connectivity index (χ2v) is 6.57. The molecule has 1 saturated carbocycles. The van der Waals surface area contributed by atoms with Gasteiger partial charge in [-0.1, -0.05) is 12.8 Å². The molecular formula is C16H35N5. The summed E-state index contributed by atoms with van der Waals surface area (Å²) in [6.45, 7) is 9.82. The zero-order valence-corrected chi connectivity index (χ0v) is 13.7. The van der Waals surface area contributed by atoms with Crippen molar-refractivity contribution >= 4 is 0 Å². The first kappa shape index (κ1) is 17.2. The summed E-state index contributed by atoms with van der Waals surface area (Å²) in [6, 6.07) is 1.88. The molecule has 0 aromatic heterocycles. The second kappa shape index (κ2) is 10.5. The molecule has 5 heteroatoms. The summed E-state index contributed by atoms with van der Waals surface area (Å²) in [4.78, 5) is 0. The van der Waals surface area contributed by atoms with Gasteiger partial charge in [-0.25, -0.2) is 0 Å². The lowest BCUT2D eigenvalue weighted by atomic mass is 9.90. The fourth-order valence-electron chi connectivity index (χ4n) is 3.39. The van der Waals surface area contributed by atoms with Crippen molar-refractivity contribution in [1.82, 2.24) is 26.6 Å². The van der Waals surface area contributed by atoms with E-state index in [2.05, 4.69) is 33.5 Å². The molecule has 0 aromatic rings. The van der Waals surface area contributed by atoms with Crippen LogP contribution in [0.5, 0.6) is 0 Å². The molecule has 2 aliphatic rings. The Kier molecular flexibility index (Phi) is 8.59. The van der Waals surface area contributed by atoms with Crippen LogP contribution in [0.25, 0.3) is 0 Å². The first-order chi connectivity index (χ1) is 10.4. The Morgan fingerprint density at radius 1 is 0.619 bits per heavy atom. The highest BCUT2D eigenvalue weighted by Crippen LogP contribution is 2.18. The molecule has 0 amide bonds. The van der Waals surface area contributed by atoms with Crippen LogP contribution < -0.4 is 26.6 Å². The average Bonchev–Trinajstić information content (AvgIpc) is 2.49. The van der Waals surface area contributed by atoms with Crippen LogP contribution in [0, 0.1) is 0 Å². The maximum absolute atomic E-state index is 3.77. The van der Waals surface area contributed by atoms with E-state index in [1.165, 1.54) is 32.1 Å². The minimum absolute atomic E-state index is 0.545. The Bertz CT molecular complexity index is 261. The van der Waals surface area contributed by atoms with E-state index in [0.29, 0.717) is 18.1 Å². The van der Waals surface area contributed by atoms with Gasteiger partial charge in [-0.2, -0.15) is 0 Å². The van der Waals surface area contributed by atoms with Crippen LogP contribution in [-0.2, 0) is 0 Å². The summed E-state index contributed by atoms with van der Waals surface area (Å²) in [5, 5.41) is 18.1. The van der Waals surface area contributed by atoms with Gasteiger partial charge in [0.2, 0.25) is 0 Å². The summed E-state index contributed by atoms with van der Waals surface area (Å²) in [5.74, 6) is 0. The van der Waals surface area contributed by atoms with Crippen molar-refractivity contribution in [3.63, 3.8) is 0 Å². The molecule has 21 heavy (non-hydrogen) atoms. The number of nitrogens with one attached hydrogen (secondary N) is 5. The van der Waals surface area contributed by atoms with Crippen LogP contribution in [0.4, 0.5) is 0 Å². The molecule has 0 unspecified atom stereocenters. The topological polar surface area (TPSA) is 60.1 Å². The lowest BCUT2D eigenvalue weighted by Crippen LogP contribution is -2.52. The molecule has 0 bridgehead atoms. The Morgan fingerprint density at radius 3 is 2.10 bits per heavy atom. The van der Waals surface area contributed by atoms with E-state index < -0.39 is 0 Å². The van der Waals surface area contributed by atoms with Gasteiger partial charge in [0.15, 0.2) is 0 Å². The van der Waals surface area contributed by atoms with E-state index in [9.17, 15) is 0 Å². The van der Waals surface area contributed by atoms with Gasteiger partial charge in [0, 0.05) is 50.8 Å². The molecule has 0 aromatic carbocycles. The Labute approximate surface area is 130 Å². The number of hydrogen-bond acceptors (Lipinski definition) is 5. The molecular weight excluding hydrogens is 262 g/mol.